The average Bonchev–Trinajstić information content (AvgIpc) is 1.13. The highest BCUT2D eigenvalue weighted by Crippen LogP contribution is 2.42. The Morgan fingerprint density at radius 2 is 1.14 bits per heavy atom. The molecule has 11 rings (SSSR count). The van der Waals surface area contributed by atoms with Gasteiger partial charge in [-0.15, -0.1) is 0 Å². The van der Waals surface area contributed by atoms with Gasteiger partial charge in [-0.25, -0.2) is 4.98 Å². The van der Waals surface area contributed by atoms with Crippen molar-refractivity contribution in [2.45, 2.75) is 78.6 Å². The molecule has 0 saturated heterocycles. The summed E-state index contributed by atoms with van der Waals surface area (Å²) < 4.78 is 131. The van der Waals surface area contributed by atoms with Gasteiger partial charge in [-0.05, 0) is 133 Å². The van der Waals surface area contributed by atoms with Crippen molar-refractivity contribution in [3.63, 3.8) is 0 Å². The van der Waals surface area contributed by atoms with Crippen molar-refractivity contribution >= 4 is 32.8 Å². The minimum atomic E-state index is -0.733. The second kappa shape index (κ2) is 17.4. The maximum absolute atomic E-state index is 10.2. The van der Waals surface area contributed by atoms with Crippen molar-refractivity contribution in [3.05, 3.63) is 223 Å². The van der Waals surface area contributed by atoms with Crippen LogP contribution in [0.1, 0.15) is 96.8 Å². The van der Waals surface area contributed by atoms with Gasteiger partial charge in [-0.2, -0.15) is 0 Å². The van der Waals surface area contributed by atoms with Crippen LogP contribution in [0.15, 0.2) is 200 Å². The Balaban J connectivity index is 1.16. The number of aromatic nitrogens is 4. The van der Waals surface area contributed by atoms with Gasteiger partial charge in [0.15, 0.2) is 0 Å². The Kier molecular flexibility index (Phi) is 8.04. The Morgan fingerprint density at radius 3 is 1.82 bits per heavy atom. The first-order valence-electron chi connectivity index (χ1n) is 30.2. The third-order valence-corrected chi connectivity index (χ3v) is 12.9. The van der Waals surface area contributed by atoms with Crippen LogP contribution in [0, 0.1) is 6.33 Å². The fourth-order valence-corrected chi connectivity index (χ4v) is 9.18. The Hall–Kier alpha value is -8.02. The number of para-hydroxylation sites is 3. The van der Waals surface area contributed by atoms with Gasteiger partial charge in [0.1, 0.15) is 17.3 Å². The molecule has 0 aliphatic heterocycles. The van der Waals surface area contributed by atoms with Crippen LogP contribution < -0.4 is 9.30 Å². The second-order valence-electron chi connectivity index (χ2n) is 21.0. The van der Waals surface area contributed by atoms with Crippen LogP contribution in [0.4, 0.5) is 0 Å². The monoisotopic (exact) mass is 938 g/mol. The van der Waals surface area contributed by atoms with E-state index in [1.165, 1.54) is 0 Å². The van der Waals surface area contributed by atoms with Crippen molar-refractivity contribution in [2.75, 3.05) is 0 Å². The lowest BCUT2D eigenvalue weighted by Crippen LogP contribution is -2.35. The van der Waals surface area contributed by atoms with Gasteiger partial charge >= 0.3 is 0 Å². The van der Waals surface area contributed by atoms with Gasteiger partial charge in [0, 0.05) is 23.0 Å². The molecule has 0 amide bonds. The third kappa shape index (κ3) is 8.60. The first-order chi connectivity index (χ1) is 39.5. The minimum absolute atomic E-state index is 0.105. The number of nitrogens with zero attached hydrogens (tertiary/aromatic N) is 4. The zero-order chi connectivity index (χ0) is 60.5. The lowest BCUT2D eigenvalue weighted by Gasteiger charge is -2.30. The summed E-state index contributed by atoms with van der Waals surface area (Å²) in [5.41, 5.74) is 3.76. The van der Waals surface area contributed by atoms with Crippen LogP contribution >= 0.6 is 0 Å². The molecule has 11 aromatic rings. The summed E-state index contributed by atoms with van der Waals surface area (Å²) in [6, 6.07) is 28.6. The molecule has 3 aromatic heterocycles. The van der Waals surface area contributed by atoms with Crippen molar-refractivity contribution in [1.82, 2.24) is 14.1 Å². The smallest absolute Gasteiger partial charge is 0.269 e. The van der Waals surface area contributed by atoms with Crippen LogP contribution in [0.25, 0.3) is 83.4 Å². The summed E-state index contributed by atoms with van der Waals surface area (Å²) in [5.74, 6) is 1.91. The highest BCUT2D eigenvalue weighted by Gasteiger charge is 2.29. The predicted molar refractivity (Wildman–Crippen MR) is 295 cm³/mol. The number of hydrogen-bond donors (Lipinski definition) is 0. The highest BCUT2D eigenvalue weighted by atomic mass is 16.5. The van der Waals surface area contributed by atoms with Crippen LogP contribution in [0.2, 0.25) is 0 Å². The zero-order valence-corrected chi connectivity index (χ0v) is 41.2. The molecule has 0 saturated carbocycles. The number of hydrogen-bond acceptors (Lipinski definition) is 2. The highest BCUT2D eigenvalue weighted by molar-refractivity contribution is 6.09. The van der Waals surface area contributed by atoms with E-state index in [9.17, 15) is 4.11 Å². The quantitative estimate of drug-likeness (QED) is 0.112. The molecular formula is C66H60N4O. The molecule has 8 aromatic carbocycles. The molecule has 71 heavy (non-hydrogen) atoms. The van der Waals surface area contributed by atoms with Gasteiger partial charge in [0.25, 0.3) is 6.33 Å². The molecule has 0 atom stereocenters. The van der Waals surface area contributed by atoms with E-state index < -0.39 is 112 Å². The van der Waals surface area contributed by atoms with E-state index in [1.54, 1.807) is 0 Å². The molecule has 0 unspecified atom stereocenters. The fraction of sp³-hybridized carbons (Fsp3) is 0.182. The third-order valence-electron chi connectivity index (χ3n) is 12.9. The van der Waals surface area contributed by atoms with Gasteiger partial charge in [-0.3, -0.25) is 13.7 Å². The Bertz CT molecular complexity index is 4430. The molecule has 0 aliphatic carbocycles. The molecule has 0 N–H and O–H groups in total. The average molecular weight is 938 g/mol. The molecule has 0 fully saturated rings. The van der Waals surface area contributed by atoms with Crippen molar-refractivity contribution in [3.8, 4) is 62.1 Å². The Labute approximate surface area is 436 Å². The molecule has 5 heteroatoms. The molecule has 350 valence electrons. The van der Waals surface area contributed by atoms with Crippen molar-refractivity contribution in [1.29, 1.82) is 0 Å². The molecule has 0 radical (unpaired) electrons. The summed E-state index contributed by atoms with van der Waals surface area (Å²) in [6.07, 6.45) is 5.49. The van der Waals surface area contributed by atoms with E-state index in [1.807, 2.05) is 142 Å². The van der Waals surface area contributed by atoms with Crippen molar-refractivity contribution < 1.29 is 27.1 Å². The van der Waals surface area contributed by atoms with Crippen LogP contribution in [-0.4, -0.2) is 14.1 Å². The standard InChI is InChI=1S/C66H60N4O/c1-64(2,3)49-33-34-67-62(40-49)70-58-28-17-16-27-54(58)55-32-31-53(42-61(55)70)71-52-26-20-25-51(41-52)68-43-69(60-30-19-18-29-59(60)68)63-56(38-50(65(4,5)6)39-57(63)66(7,8)9)48-36-46(44-21-12-10-13-22-44)35-47(37-48)45-23-14-11-15-24-45/h10-42H,1-9H3/i10D,11D,12D,13D,14D,15D,21D,22D,23D,24D,35D,36D,37D. The van der Waals surface area contributed by atoms with E-state index in [0.717, 1.165) is 44.3 Å². The number of imidazole rings is 1. The molecule has 0 bridgehead atoms. The SMILES string of the molecule is [2H]c1c([2H])c([2H])c(-c2c([2H])c(-c3cc(C(C)(C)C)cc(C(C)(C)C)c3-[n+]3[c-]n(-c4cccc(Oc5ccc6c7ccccc7n(-c7cc(C(C)(C)C)ccn7)c6c5)c4)c4ccccc43)c([2H])c(-c3c([2H])c([2H])c([2H])c([2H])c3[2H])c2[2H])c([2H])c1[2H]. The van der Waals surface area contributed by atoms with Gasteiger partial charge in [0.05, 0.1) is 51.3 Å². The normalized spacial score (nSPS) is 14.9. The molecule has 0 aliphatic rings. The Morgan fingerprint density at radius 1 is 0.521 bits per heavy atom. The number of ether oxygens (including phenoxy) is 1. The summed E-state index contributed by atoms with van der Waals surface area (Å²) in [4.78, 5) is 4.86. The zero-order valence-electron chi connectivity index (χ0n) is 54.2. The molecule has 0 spiro atoms. The largest absolute Gasteiger partial charge is 0.458 e. The molecular weight excluding hydrogens is 865 g/mol. The molecule has 5 nitrogen and oxygen atoms in total. The fourth-order valence-electron chi connectivity index (χ4n) is 9.18. The van der Waals surface area contributed by atoms with E-state index in [4.69, 9.17) is 23.4 Å². The summed E-state index contributed by atoms with van der Waals surface area (Å²) in [6.45, 7) is 18.7. The first-order valence-corrected chi connectivity index (χ1v) is 23.7. The van der Waals surface area contributed by atoms with E-state index >= 15 is 0 Å². The number of pyridine rings is 1. The van der Waals surface area contributed by atoms with Gasteiger partial charge in [-0.1, -0.05) is 183 Å². The van der Waals surface area contributed by atoms with E-state index in [0.29, 0.717) is 33.9 Å². The lowest BCUT2D eigenvalue weighted by atomic mass is 9.77. The lowest BCUT2D eigenvalue weighted by molar-refractivity contribution is -0.572. The predicted octanol–water partition coefficient (Wildman–Crippen LogP) is 16.9. The van der Waals surface area contributed by atoms with E-state index in [2.05, 4.69) is 62.0 Å². The maximum atomic E-state index is 10.2. The van der Waals surface area contributed by atoms with Gasteiger partial charge in [0.2, 0.25) is 0 Å². The second-order valence-corrected chi connectivity index (χ2v) is 21.0. The summed E-state index contributed by atoms with van der Waals surface area (Å²) in [5, 5.41) is 2.12. The van der Waals surface area contributed by atoms with Gasteiger partial charge < -0.3 is 4.74 Å². The van der Waals surface area contributed by atoms with Crippen LogP contribution in [-0.2, 0) is 16.2 Å². The first kappa shape index (κ1) is 32.7. The topological polar surface area (TPSA) is 35.9 Å². The minimum Gasteiger partial charge on any atom is -0.458 e. The summed E-state index contributed by atoms with van der Waals surface area (Å²) >= 11 is 0. The van der Waals surface area contributed by atoms with Crippen LogP contribution in [0.5, 0.6) is 11.5 Å². The summed E-state index contributed by atoms with van der Waals surface area (Å²) in [7, 11) is 0. The maximum Gasteiger partial charge on any atom is 0.269 e. The molecule has 3 heterocycles. The number of rotatable bonds is 8. The number of fused-ring (bicyclic) bond motifs is 4. The number of benzene rings is 8. The van der Waals surface area contributed by atoms with Crippen LogP contribution in [0.3, 0.4) is 0 Å². The van der Waals surface area contributed by atoms with E-state index in [-0.39, 0.29) is 16.5 Å². The van der Waals surface area contributed by atoms with Crippen molar-refractivity contribution in [2.24, 2.45) is 0 Å².